The summed E-state index contributed by atoms with van der Waals surface area (Å²) in [5, 5.41) is -0.259. The van der Waals surface area contributed by atoms with Crippen molar-refractivity contribution in [2.24, 2.45) is 5.92 Å². The van der Waals surface area contributed by atoms with E-state index in [4.69, 9.17) is 21.1 Å². The summed E-state index contributed by atoms with van der Waals surface area (Å²) in [7, 11) is 0. The summed E-state index contributed by atoms with van der Waals surface area (Å²) in [4.78, 5) is 16.0. The number of hydrogen-bond acceptors (Lipinski definition) is 4. The van der Waals surface area contributed by atoms with Gasteiger partial charge in [0.15, 0.2) is 0 Å². The van der Waals surface area contributed by atoms with E-state index in [1.807, 2.05) is 13.8 Å². The summed E-state index contributed by atoms with van der Waals surface area (Å²) < 4.78 is 66.9. The van der Waals surface area contributed by atoms with Gasteiger partial charge in [-0.3, -0.25) is 0 Å². The van der Waals surface area contributed by atoms with Gasteiger partial charge in [-0.2, -0.15) is 13.2 Å². The van der Waals surface area contributed by atoms with E-state index in [1.54, 1.807) is 0 Å². The van der Waals surface area contributed by atoms with Crippen molar-refractivity contribution in [2.45, 2.75) is 26.9 Å². The lowest BCUT2D eigenvalue weighted by atomic mass is 10.1. The van der Waals surface area contributed by atoms with Gasteiger partial charge in [0.25, 0.3) is 0 Å². The second kappa shape index (κ2) is 8.74. The molecule has 0 bridgehead atoms. The second-order valence-electron chi connectivity index (χ2n) is 7.17. The molecule has 0 radical (unpaired) electrons. The number of ether oxygens (including phenoxy) is 2. The SMILES string of the molecule is CCOC(=O)c1cc2c(C(F)(F)F)cn(-c3cnc(OCC(C)C)c(Cl)c3)c2cc1F. The molecule has 3 rings (SSSR count). The quantitative estimate of drug-likeness (QED) is 0.333. The van der Waals surface area contributed by atoms with E-state index < -0.39 is 29.1 Å². The summed E-state index contributed by atoms with van der Waals surface area (Å²) in [5.74, 6) is -1.69. The Bertz CT molecular complexity index is 1130. The number of pyridine rings is 1. The number of carbonyl (C=O) groups excluding carboxylic acids is 1. The average Bonchev–Trinajstić information content (AvgIpc) is 3.05. The minimum absolute atomic E-state index is 0.0428. The Morgan fingerprint density at radius 1 is 1.26 bits per heavy atom. The second-order valence-corrected chi connectivity index (χ2v) is 7.57. The third-order valence-electron chi connectivity index (χ3n) is 4.32. The molecule has 0 atom stereocenters. The first kappa shape index (κ1) is 22.9. The molecular formula is C21H19ClF4N2O3. The first-order valence-electron chi connectivity index (χ1n) is 9.40. The zero-order valence-electron chi connectivity index (χ0n) is 16.9. The van der Waals surface area contributed by atoms with Crippen molar-refractivity contribution in [3.63, 3.8) is 0 Å². The fraction of sp³-hybridized carbons (Fsp3) is 0.333. The maximum Gasteiger partial charge on any atom is 0.418 e. The van der Waals surface area contributed by atoms with Gasteiger partial charge in [0, 0.05) is 11.6 Å². The molecule has 1 aromatic carbocycles. The summed E-state index contributed by atoms with van der Waals surface area (Å²) in [6, 6.07) is 3.08. The van der Waals surface area contributed by atoms with Crippen LogP contribution in [-0.2, 0) is 10.9 Å². The Morgan fingerprint density at radius 2 is 1.97 bits per heavy atom. The molecule has 0 aliphatic carbocycles. The molecule has 0 fully saturated rings. The maximum absolute atomic E-state index is 14.6. The molecule has 0 spiro atoms. The minimum Gasteiger partial charge on any atom is -0.476 e. The normalized spacial score (nSPS) is 11.9. The zero-order valence-corrected chi connectivity index (χ0v) is 17.6. The molecule has 5 nitrogen and oxygen atoms in total. The van der Waals surface area contributed by atoms with Crippen LogP contribution >= 0.6 is 11.6 Å². The minimum atomic E-state index is -4.75. The first-order valence-corrected chi connectivity index (χ1v) is 9.78. The summed E-state index contributed by atoms with van der Waals surface area (Å²) in [5.41, 5.74) is -1.55. The molecule has 10 heteroatoms. The van der Waals surface area contributed by atoms with Gasteiger partial charge in [0.1, 0.15) is 10.8 Å². The molecule has 2 aromatic heterocycles. The Labute approximate surface area is 180 Å². The molecule has 0 N–H and O–H groups in total. The lowest BCUT2D eigenvalue weighted by molar-refractivity contribution is -0.136. The number of fused-ring (bicyclic) bond motifs is 1. The van der Waals surface area contributed by atoms with Gasteiger partial charge in [0.2, 0.25) is 5.88 Å². The van der Waals surface area contributed by atoms with E-state index in [0.29, 0.717) is 6.61 Å². The van der Waals surface area contributed by atoms with E-state index in [1.165, 1.54) is 19.2 Å². The highest BCUT2D eigenvalue weighted by molar-refractivity contribution is 6.32. The van der Waals surface area contributed by atoms with E-state index in [-0.39, 0.29) is 40.0 Å². The molecular weight excluding hydrogens is 440 g/mol. The largest absolute Gasteiger partial charge is 0.476 e. The van der Waals surface area contributed by atoms with Gasteiger partial charge in [0.05, 0.1) is 41.7 Å². The predicted octanol–water partition coefficient (Wildman–Crippen LogP) is 6.05. The van der Waals surface area contributed by atoms with Crippen molar-refractivity contribution < 1.29 is 31.8 Å². The van der Waals surface area contributed by atoms with Gasteiger partial charge < -0.3 is 14.0 Å². The van der Waals surface area contributed by atoms with Crippen LogP contribution in [0.4, 0.5) is 17.6 Å². The molecule has 0 saturated carbocycles. The Kier molecular flexibility index (Phi) is 6.45. The first-order chi connectivity index (χ1) is 14.5. The molecule has 0 amide bonds. The van der Waals surface area contributed by atoms with Crippen LogP contribution in [0.25, 0.3) is 16.6 Å². The van der Waals surface area contributed by atoms with Crippen LogP contribution in [0.3, 0.4) is 0 Å². The number of rotatable bonds is 6. The van der Waals surface area contributed by atoms with Crippen LogP contribution in [0, 0.1) is 11.7 Å². The van der Waals surface area contributed by atoms with Crippen LogP contribution in [0.15, 0.2) is 30.6 Å². The number of halogens is 5. The fourth-order valence-electron chi connectivity index (χ4n) is 2.95. The molecule has 0 unspecified atom stereocenters. The van der Waals surface area contributed by atoms with E-state index in [0.717, 1.165) is 22.9 Å². The maximum atomic E-state index is 14.6. The monoisotopic (exact) mass is 458 g/mol. The van der Waals surface area contributed by atoms with E-state index in [9.17, 15) is 22.4 Å². The number of nitrogens with zero attached hydrogens (tertiary/aromatic N) is 2. The highest BCUT2D eigenvalue weighted by Gasteiger charge is 2.35. The Morgan fingerprint density at radius 3 is 2.55 bits per heavy atom. The molecule has 31 heavy (non-hydrogen) atoms. The number of benzene rings is 1. The lowest BCUT2D eigenvalue weighted by Crippen LogP contribution is -2.08. The molecule has 3 aromatic rings. The molecule has 0 aliphatic rings. The number of alkyl halides is 3. The summed E-state index contributed by atoms with van der Waals surface area (Å²) in [6.45, 7) is 5.70. The van der Waals surface area contributed by atoms with Crippen LogP contribution in [-0.4, -0.2) is 28.7 Å². The van der Waals surface area contributed by atoms with Crippen molar-refractivity contribution in [1.82, 2.24) is 9.55 Å². The molecule has 166 valence electrons. The number of aromatic nitrogens is 2. The van der Waals surface area contributed by atoms with Gasteiger partial charge in [-0.25, -0.2) is 14.2 Å². The highest BCUT2D eigenvalue weighted by Crippen LogP contribution is 2.39. The van der Waals surface area contributed by atoms with Crippen molar-refractivity contribution in [1.29, 1.82) is 0 Å². The third-order valence-corrected chi connectivity index (χ3v) is 4.59. The molecule has 0 aliphatic heterocycles. The van der Waals surface area contributed by atoms with Crippen LogP contribution in [0.1, 0.15) is 36.7 Å². The zero-order chi connectivity index (χ0) is 22.9. The Balaban J connectivity index is 2.16. The Hall–Kier alpha value is -2.81. The van der Waals surface area contributed by atoms with Crippen LogP contribution in [0.2, 0.25) is 5.02 Å². The highest BCUT2D eigenvalue weighted by atomic mass is 35.5. The van der Waals surface area contributed by atoms with Crippen molar-refractivity contribution in [3.05, 3.63) is 52.6 Å². The summed E-state index contributed by atoms with van der Waals surface area (Å²) >= 11 is 6.19. The predicted molar refractivity (Wildman–Crippen MR) is 107 cm³/mol. The van der Waals surface area contributed by atoms with Crippen LogP contribution < -0.4 is 4.74 Å². The fourth-order valence-corrected chi connectivity index (χ4v) is 3.16. The summed E-state index contributed by atoms with van der Waals surface area (Å²) in [6.07, 6.45) is -2.66. The van der Waals surface area contributed by atoms with Gasteiger partial charge >= 0.3 is 12.1 Å². The molecule has 0 saturated heterocycles. The molecule has 2 heterocycles. The van der Waals surface area contributed by atoms with E-state index >= 15 is 0 Å². The van der Waals surface area contributed by atoms with Gasteiger partial charge in [-0.15, -0.1) is 0 Å². The van der Waals surface area contributed by atoms with Crippen molar-refractivity contribution >= 4 is 28.5 Å². The number of carbonyl (C=O) groups is 1. The van der Waals surface area contributed by atoms with Gasteiger partial charge in [-0.05, 0) is 31.0 Å². The van der Waals surface area contributed by atoms with Crippen molar-refractivity contribution in [3.8, 4) is 11.6 Å². The van der Waals surface area contributed by atoms with Gasteiger partial charge in [-0.1, -0.05) is 25.4 Å². The van der Waals surface area contributed by atoms with E-state index in [2.05, 4.69) is 4.98 Å². The van der Waals surface area contributed by atoms with Crippen molar-refractivity contribution in [2.75, 3.05) is 13.2 Å². The third kappa shape index (κ3) is 4.76. The standard InChI is InChI=1S/C21H19ClF4N2O3/c1-4-30-20(29)14-6-13-15(21(24,25)26)9-28(18(13)7-17(14)23)12-5-16(22)19(27-8-12)31-10-11(2)3/h5-9,11H,4,10H2,1-3H3. The van der Waals surface area contributed by atoms with Crippen LogP contribution in [0.5, 0.6) is 5.88 Å². The lowest BCUT2D eigenvalue weighted by Gasteiger charge is -2.11. The number of hydrogen-bond donors (Lipinski definition) is 0. The average molecular weight is 459 g/mol. The topological polar surface area (TPSA) is 53.4 Å². The smallest absolute Gasteiger partial charge is 0.418 e. The number of esters is 1.